The lowest BCUT2D eigenvalue weighted by Gasteiger charge is -2.41. The van der Waals surface area contributed by atoms with Gasteiger partial charge in [-0.1, -0.05) is 35.5 Å². The van der Waals surface area contributed by atoms with Crippen LogP contribution in [0.1, 0.15) is 26.3 Å². The number of halogens is 3. The molecule has 1 aromatic heterocycles. The summed E-state index contributed by atoms with van der Waals surface area (Å²) < 4.78 is 47.8. The minimum absolute atomic E-state index is 0.256. The summed E-state index contributed by atoms with van der Waals surface area (Å²) in [6.07, 6.45) is -3.29. The Bertz CT molecular complexity index is 1260. The predicted molar refractivity (Wildman–Crippen MR) is 131 cm³/mol. The average Bonchev–Trinajstić information content (AvgIpc) is 3.33. The topological polar surface area (TPSA) is 89.8 Å². The Balaban J connectivity index is 1.48. The van der Waals surface area contributed by atoms with Gasteiger partial charge in [-0.2, -0.15) is 4.68 Å². The van der Waals surface area contributed by atoms with E-state index in [4.69, 9.17) is 4.74 Å². The van der Waals surface area contributed by atoms with E-state index in [1.165, 1.54) is 18.3 Å². The van der Waals surface area contributed by atoms with E-state index in [1.54, 1.807) is 30.6 Å². The zero-order valence-corrected chi connectivity index (χ0v) is 21.2. The number of ether oxygens (including phenoxy) is 2. The molecule has 2 aromatic carbocycles. The number of carbonyl (C=O) groups excluding carboxylic acids is 2. The zero-order valence-electron chi connectivity index (χ0n) is 21.2. The van der Waals surface area contributed by atoms with E-state index < -0.39 is 24.1 Å². The standard InChI is InChI=1S/C26H28F3N5O4/c1-25(2,3)38-24(36)33-14-13-32(16-20(33)15-18-7-5-4-6-8-18)23(35)34-17-22(30-31-34)19-9-11-21(12-10-19)37-26(27,28)29/h4-12,17,20H,13-16H2,1-3H3. The second kappa shape index (κ2) is 10.7. The zero-order chi connectivity index (χ0) is 27.5. The average molecular weight is 532 g/mol. The summed E-state index contributed by atoms with van der Waals surface area (Å²) in [4.78, 5) is 29.4. The smallest absolute Gasteiger partial charge is 0.444 e. The summed E-state index contributed by atoms with van der Waals surface area (Å²) in [6, 6.07) is 14.0. The molecule has 1 saturated heterocycles. The molecule has 1 fully saturated rings. The van der Waals surface area contributed by atoms with Crippen LogP contribution in [0.15, 0.2) is 60.8 Å². The second-order valence-corrected chi connectivity index (χ2v) is 9.87. The maximum atomic E-state index is 13.3. The number of hydrogen-bond acceptors (Lipinski definition) is 6. The van der Waals surface area contributed by atoms with E-state index in [0.717, 1.165) is 22.4 Å². The van der Waals surface area contributed by atoms with E-state index in [9.17, 15) is 22.8 Å². The van der Waals surface area contributed by atoms with E-state index in [0.29, 0.717) is 17.7 Å². The van der Waals surface area contributed by atoms with Crippen LogP contribution in [0.2, 0.25) is 0 Å². The summed E-state index contributed by atoms with van der Waals surface area (Å²) in [5.74, 6) is -0.364. The molecule has 2 amide bonds. The fourth-order valence-corrected chi connectivity index (χ4v) is 4.11. The molecule has 12 heteroatoms. The van der Waals surface area contributed by atoms with Crippen molar-refractivity contribution in [1.82, 2.24) is 24.8 Å². The van der Waals surface area contributed by atoms with E-state index in [-0.39, 0.29) is 31.4 Å². The minimum atomic E-state index is -4.79. The molecule has 0 spiro atoms. The van der Waals surface area contributed by atoms with Crippen LogP contribution in [0.5, 0.6) is 5.75 Å². The van der Waals surface area contributed by atoms with Gasteiger partial charge in [-0.15, -0.1) is 18.3 Å². The molecule has 2 heterocycles. The molecule has 0 aliphatic carbocycles. The van der Waals surface area contributed by atoms with E-state index in [1.807, 2.05) is 30.3 Å². The summed E-state index contributed by atoms with van der Waals surface area (Å²) in [5, 5.41) is 7.91. The number of amides is 2. The van der Waals surface area contributed by atoms with Gasteiger partial charge in [-0.05, 0) is 57.0 Å². The molecule has 9 nitrogen and oxygen atoms in total. The molecule has 1 unspecified atom stereocenters. The summed E-state index contributed by atoms with van der Waals surface area (Å²) in [5.41, 5.74) is 1.14. The number of hydrogen-bond donors (Lipinski definition) is 0. The van der Waals surface area contributed by atoms with Crippen LogP contribution >= 0.6 is 0 Å². The highest BCUT2D eigenvalue weighted by Crippen LogP contribution is 2.26. The Morgan fingerprint density at radius 3 is 2.32 bits per heavy atom. The highest BCUT2D eigenvalue weighted by Gasteiger charge is 2.36. The quantitative estimate of drug-likeness (QED) is 0.472. The lowest BCUT2D eigenvalue weighted by Crippen LogP contribution is -2.58. The van der Waals surface area contributed by atoms with Gasteiger partial charge in [-0.3, -0.25) is 0 Å². The molecular weight excluding hydrogens is 503 g/mol. The van der Waals surface area contributed by atoms with Gasteiger partial charge in [0.2, 0.25) is 0 Å². The van der Waals surface area contributed by atoms with Crippen LogP contribution in [-0.2, 0) is 11.2 Å². The molecular formula is C26H28F3N5O4. The fourth-order valence-electron chi connectivity index (χ4n) is 4.11. The van der Waals surface area contributed by atoms with Crippen LogP contribution in [0.4, 0.5) is 22.8 Å². The first kappa shape index (κ1) is 27.0. The molecule has 0 bridgehead atoms. The molecule has 1 atom stereocenters. The SMILES string of the molecule is CC(C)(C)OC(=O)N1CCN(C(=O)n2cc(-c3ccc(OC(F)(F)F)cc3)nn2)CC1Cc1ccccc1. The second-order valence-electron chi connectivity index (χ2n) is 9.87. The number of aromatic nitrogens is 3. The Morgan fingerprint density at radius 2 is 1.68 bits per heavy atom. The fraction of sp³-hybridized carbons (Fsp3) is 0.385. The third-order valence-electron chi connectivity index (χ3n) is 5.77. The highest BCUT2D eigenvalue weighted by atomic mass is 19.4. The number of piperazine rings is 1. The van der Waals surface area contributed by atoms with Gasteiger partial charge >= 0.3 is 18.5 Å². The molecule has 1 aliphatic heterocycles. The highest BCUT2D eigenvalue weighted by molar-refractivity contribution is 5.78. The Morgan fingerprint density at radius 1 is 1.00 bits per heavy atom. The van der Waals surface area contributed by atoms with Crippen molar-refractivity contribution in [3.05, 3.63) is 66.4 Å². The summed E-state index contributed by atoms with van der Waals surface area (Å²) in [7, 11) is 0. The number of rotatable bonds is 4. The Hall–Kier alpha value is -4.09. The molecule has 1 aliphatic rings. The van der Waals surface area contributed by atoms with Crippen LogP contribution in [0, 0.1) is 0 Å². The van der Waals surface area contributed by atoms with E-state index >= 15 is 0 Å². The van der Waals surface area contributed by atoms with Crippen LogP contribution < -0.4 is 4.74 Å². The molecule has 0 saturated carbocycles. The molecule has 38 heavy (non-hydrogen) atoms. The minimum Gasteiger partial charge on any atom is -0.444 e. The van der Waals surface area contributed by atoms with Crippen molar-refractivity contribution >= 4 is 12.1 Å². The normalized spacial score (nSPS) is 16.3. The van der Waals surface area contributed by atoms with Gasteiger partial charge < -0.3 is 19.3 Å². The van der Waals surface area contributed by atoms with Crippen molar-refractivity contribution < 1.29 is 32.2 Å². The number of carbonyl (C=O) groups is 2. The maximum absolute atomic E-state index is 13.3. The lowest BCUT2D eigenvalue weighted by atomic mass is 10.0. The third kappa shape index (κ3) is 7.02. The number of alkyl halides is 3. The first-order chi connectivity index (χ1) is 17.9. The molecule has 0 radical (unpaired) electrons. The van der Waals surface area contributed by atoms with Gasteiger partial charge in [0, 0.05) is 25.2 Å². The van der Waals surface area contributed by atoms with E-state index in [2.05, 4.69) is 15.0 Å². The van der Waals surface area contributed by atoms with Gasteiger partial charge in [0.1, 0.15) is 17.0 Å². The largest absolute Gasteiger partial charge is 0.573 e. The first-order valence-corrected chi connectivity index (χ1v) is 12.0. The van der Waals surface area contributed by atoms with Crippen molar-refractivity contribution in [3.63, 3.8) is 0 Å². The maximum Gasteiger partial charge on any atom is 0.573 e. The molecule has 202 valence electrons. The molecule has 4 rings (SSSR count). The van der Waals surface area contributed by atoms with Gasteiger partial charge in [-0.25, -0.2) is 9.59 Å². The first-order valence-electron chi connectivity index (χ1n) is 12.0. The summed E-state index contributed by atoms with van der Waals surface area (Å²) >= 11 is 0. The van der Waals surface area contributed by atoms with Crippen LogP contribution in [0.25, 0.3) is 11.3 Å². The van der Waals surface area contributed by atoms with Crippen molar-refractivity contribution in [2.75, 3.05) is 19.6 Å². The van der Waals surface area contributed by atoms with Crippen molar-refractivity contribution in [2.24, 2.45) is 0 Å². The monoisotopic (exact) mass is 531 g/mol. The van der Waals surface area contributed by atoms with Crippen LogP contribution in [0.3, 0.4) is 0 Å². The van der Waals surface area contributed by atoms with Gasteiger partial charge in [0.15, 0.2) is 0 Å². The van der Waals surface area contributed by atoms with Crippen molar-refractivity contribution in [2.45, 2.75) is 45.2 Å². The lowest BCUT2D eigenvalue weighted by molar-refractivity contribution is -0.274. The van der Waals surface area contributed by atoms with Gasteiger partial charge in [0.25, 0.3) is 0 Å². The third-order valence-corrected chi connectivity index (χ3v) is 5.77. The predicted octanol–water partition coefficient (Wildman–Crippen LogP) is 4.98. The Labute approximate surface area is 217 Å². The number of benzene rings is 2. The van der Waals surface area contributed by atoms with Gasteiger partial charge in [0.05, 0.1) is 12.2 Å². The van der Waals surface area contributed by atoms with Crippen LogP contribution in [-0.4, -0.2) is 74.6 Å². The van der Waals surface area contributed by atoms with Crippen molar-refractivity contribution in [3.8, 4) is 17.0 Å². The number of nitrogens with zero attached hydrogens (tertiary/aromatic N) is 5. The van der Waals surface area contributed by atoms with Crippen molar-refractivity contribution in [1.29, 1.82) is 0 Å². The molecule has 0 N–H and O–H groups in total. The molecule has 3 aromatic rings. The Kier molecular flexibility index (Phi) is 7.61. The summed E-state index contributed by atoms with van der Waals surface area (Å²) in [6.45, 7) is 6.20.